The molecule has 0 aliphatic carbocycles. The smallest absolute Gasteiger partial charge is 0.137 e. The Balaban J connectivity index is 1.02. The van der Waals surface area contributed by atoms with Crippen LogP contribution in [-0.2, 0) is 32.5 Å². The Bertz CT molecular complexity index is 4290. The number of anilines is 4. The van der Waals surface area contributed by atoms with Gasteiger partial charge >= 0.3 is 0 Å². The van der Waals surface area contributed by atoms with Gasteiger partial charge in [-0.3, -0.25) is 4.57 Å². The molecule has 1 aliphatic heterocycles. The lowest BCUT2D eigenvalue weighted by atomic mass is 9.76. The number of fused-ring (bicyclic) bond motifs is 8. The summed E-state index contributed by atoms with van der Waals surface area (Å²) in [4.78, 5) is 10.2. The van der Waals surface area contributed by atoms with E-state index in [1.165, 1.54) is 97.8 Å². The number of thiophene rings is 1. The second kappa shape index (κ2) is 20.2. The summed E-state index contributed by atoms with van der Waals surface area (Å²) >= 11 is 1.88. The van der Waals surface area contributed by atoms with Crippen LogP contribution in [0.3, 0.4) is 0 Å². The topological polar surface area (TPSA) is 33.5 Å². The Kier molecular flexibility index (Phi) is 13.7. The third-order valence-corrected chi connectivity index (χ3v) is 18.9. The molecule has 3 aromatic heterocycles. The number of benzene rings is 8. The highest BCUT2D eigenvalue weighted by Gasteiger charge is 2.35. The predicted octanol–water partition coefficient (Wildman–Crippen LogP) is 23.0. The van der Waals surface area contributed by atoms with Gasteiger partial charge in [0.25, 0.3) is 0 Å². The standard InChI is InChI=1S/C79H86N4OS/c1-48-35-67-71(73-70(48)61-27-20-23-30-68(61)85-73)60-32-31-59(46-66(60)83(67)69-44-51(33-34-80-69)74(2,3)4)84-58-26-24-25-57(45-58)81-47-82(65-29-22-21-28-64(65)81)72-62(49-36-52(75(5,6)7)40-53(37-49)76(8,9)10)42-56(79(17,18)19)43-63(72)50-38-54(77(11,12)13)41-55(39-50)78(14,15)16/h20-46H,47H2,1-19H3. The maximum atomic E-state index is 7.09. The second-order valence-corrected chi connectivity index (χ2v) is 31.5. The van der Waals surface area contributed by atoms with Gasteiger partial charge in [-0.1, -0.05) is 197 Å². The van der Waals surface area contributed by atoms with Crippen LogP contribution in [0.2, 0.25) is 0 Å². The number of hydrogen-bond donors (Lipinski definition) is 0. The summed E-state index contributed by atoms with van der Waals surface area (Å²) in [5, 5.41) is 5.06. The number of hydrogen-bond acceptors (Lipinski definition) is 5. The zero-order valence-electron chi connectivity index (χ0n) is 53.9. The van der Waals surface area contributed by atoms with E-state index in [9.17, 15) is 0 Å². The molecular formula is C79H86N4OS. The van der Waals surface area contributed by atoms with Gasteiger partial charge in [0.1, 0.15) is 24.0 Å². The van der Waals surface area contributed by atoms with Gasteiger partial charge in [0.05, 0.1) is 28.1 Å². The Morgan fingerprint density at radius 1 is 0.424 bits per heavy atom. The molecular weight excluding hydrogens is 1050 g/mol. The molecule has 11 aromatic rings. The fourth-order valence-electron chi connectivity index (χ4n) is 12.4. The van der Waals surface area contributed by atoms with E-state index in [2.05, 4.69) is 304 Å². The monoisotopic (exact) mass is 1140 g/mol. The van der Waals surface area contributed by atoms with Crippen molar-refractivity contribution in [2.75, 3.05) is 16.5 Å². The molecule has 12 rings (SSSR count). The lowest BCUT2D eigenvalue weighted by Crippen LogP contribution is -2.25. The van der Waals surface area contributed by atoms with Crippen molar-refractivity contribution in [3.63, 3.8) is 0 Å². The Morgan fingerprint density at radius 2 is 0.941 bits per heavy atom. The van der Waals surface area contributed by atoms with Gasteiger partial charge < -0.3 is 14.5 Å². The predicted molar refractivity (Wildman–Crippen MR) is 368 cm³/mol. The van der Waals surface area contributed by atoms with E-state index in [1.807, 2.05) is 17.5 Å². The van der Waals surface area contributed by atoms with Gasteiger partial charge in [-0.05, 0) is 162 Å². The first-order chi connectivity index (χ1) is 39.8. The van der Waals surface area contributed by atoms with Crippen molar-refractivity contribution < 1.29 is 4.74 Å². The summed E-state index contributed by atoms with van der Waals surface area (Å²) in [6.45, 7) is 44.9. The van der Waals surface area contributed by atoms with E-state index < -0.39 is 0 Å². The van der Waals surface area contributed by atoms with Crippen LogP contribution in [0.5, 0.6) is 11.5 Å². The first-order valence-electron chi connectivity index (χ1n) is 30.6. The molecule has 0 saturated heterocycles. The molecule has 4 heterocycles. The van der Waals surface area contributed by atoms with Crippen LogP contribution in [0.4, 0.5) is 22.7 Å². The maximum absolute atomic E-state index is 7.09. The van der Waals surface area contributed by atoms with Gasteiger partial charge in [-0.2, -0.15) is 0 Å². The molecule has 0 saturated carbocycles. The number of rotatable bonds is 7. The van der Waals surface area contributed by atoms with Crippen molar-refractivity contribution in [3.8, 4) is 39.6 Å². The van der Waals surface area contributed by atoms with Crippen LogP contribution in [-0.4, -0.2) is 16.2 Å². The quantitative estimate of drug-likeness (QED) is 0.159. The van der Waals surface area contributed by atoms with Crippen LogP contribution >= 0.6 is 11.3 Å². The van der Waals surface area contributed by atoms with E-state index in [4.69, 9.17) is 9.72 Å². The molecule has 0 N–H and O–H groups in total. The number of aromatic nitrogens is 2. The SMILES string of the molecule is Cc1cc2c(c3ccc(Oc4cccc(N5CN(c6c(-c7cc(C(C)(C)C)cc(C(C)(C)C)c7)cc(C(C)(C)C)cc6-c6cc(C(C)(C)C)cc(C(C)(C)C)c6)c6ccccc65)c4)cc3n2-c2cc(C(C)(C)C)ccn2)c2sc3ccccc3c12. The number of para-hydroxylation sites is 2. The highest BCUT2D eigenvalue weighted by Crippen LogP contribution is 2.54. The van der Waals surface area contributed by atoms with Gasteiger partial charge in [0, 0.05) is 66.1 Å². The zero-order chi connectivity index (χ0) is 60.7. The average molecular weight is 1140 g/mol. The fraction of sp³-hybridized carbons (Fsp3) is 0.329. The molecule has 85 heavy (non-hydrogen) atoms. The molecule has 0 fully saturated rings. The number of ether oxygens (including phenoxy) is 1. The molecule has 8 aromatic carbocycles. The molecule has 0 amide bonds. The molecule has 434 valence electrons. The molecule has 6 heteroatoms. The lowest BCUT2D eigenvalue weighted by Gasteiger charge is -2.32. The van der Waals surface area contributed by atoms with E-state index in [1.54, 1.807) is 0 Å². The molecule has 1 aliphatic rings. The van der Waals surface area contributed by atoms with Crippen molar-refractivity contribution in [3.05, 3.63) is 203 Å². The number of aryl methyl sites for hydroxylation is 1. The van der Waals surface area contributed by atoms with Gasteiger partial charge in [-0.15, -0.1) is 11.3 Å². The Hall–Kier alpha value is -7.67. The maximum Gasteiger partial charge on any atom is 0.137 e. The third kappa shape index (κ3) is 10.6. The molecule has 0 bridgehead atoms. The van der Waals surface area contributed by atoms with Crippen molar-refractivity contribution >= 4 is 76.1 Å². The summed E-state index contributed by atoms with van der Waals surface area (Å²) in [6.07, 6.45) is 1.96. The van der Waals surface area contributed by atoms with Crippen LogP contribution in [0, 0.1) is 6.92 Å². The highest BCUT2D eigenvalue weighted by atomic mass is 32.1. The Morgan fingerprint density at radius 3 is 1.51 bits per heavy atom. The minimum absolute atomic E-state index is 0.0544. The molecule has 0 unspecified atom stereocenters. The van der Waals surface area contributed by atoms with Crippen LogP contribution in [0.15, 0.2) is 164 Å². The summed E-state index contributed by atoms with van der Waals surface area (Å²) < 4.78 is 12.1. The van der Waals surface area contributed by atoms with Gasteiger partial charge in [0.2, 0.25) is 0 Å². The third-order valence-electron chi connectivity index (χ3n) is 17.7. The van der Waals surface area contributed by atoms with E-state index in [0.717, 1.165) is 45.4 Å². The van der Waals surface area contributed by atoms with Crippen molar-refractivity contribution in [2.45, 2.75) is 164 Å². The normalized spacial score (nSPS) is 13.7. The van der Waals surface area contributed by atoms with Gasteiger partial charge in [0.15, 0.2) is 0 Å². The summed E-state index contributed by atoms with van der Waals surface area (Å²) in [5.41, 5.74) is 20.4. The van der Waals surface area contributed by atoms with Crippen molar-refractivity contribution in [2.24, 2.45) is 0 Å². The zero-order valence-corrected chi connectivity index (χ0v) is 54.7. The molecule has 0 atom stereocenters. The lowest BCUT2D eigenvalue weighted by molar-refractivity contribution is 0.483. The first kappa shape index (κ1) is 57.7. The first-order valence-corrected chi connectivity index (χ1v) is 31.4. The molecule has 5 nitrogen and oxygen atoms in total. The van der Waals surface area contributed by atoms with Crippen LogP contribution < -0.4 is 14.5 Å². The largest absolute Gasteiger partial charge is 0.457 e. The second-order valence-electron chi connectivity index (χ2n) is 30.4. The minimum Gasteiger partial charge on any atom is -0.457 e. The number of nitrogens with zero attached hydrogens (tertiary/aromatic N) is 4. The minimum atomic E-state index is -0.138. The highest BCUT2D eigenvalue weighted by molar-refractivity contribution is 7.26. The van der Waals surface area contributed by atoms with E-state index in [0.29, 0.717) is 6.67 Å². The van der Waals surface area contributed by atoms with Crippen LogP contribution in [0.1, 0.15) is 164 Å². The van der Waals surface area contributed by atoms with Crippen molar-refractivity contribution in [1.29, 1.82) is 0 Å². The van der Waals surface area contributed by atoms with Gasteiger partial charge in [-0.25, -0.2) is 4.98 Å². The molecule has 0 radical (unpaired) electrons. The summed E-state index contributed by atoms with van der Waals surface area (Å²) in [5.74, 6) is 2.43. The van der Waals surface area contributed by atoms with E-state index >= 15 is 0 Å². The Labute approximate surface area is 510 Å². The van der Waals surface area contributed by atoms with Crippen molar-refractivity contribution in [1.82, 2.24) is 9.55 Å². The van der Waals surface area contributed by atoms with E-state index in [-0.39, 0.29) is 32.5 Å². The number of pyridine rings is 1. The average Bonchev–Trinajstić information content (AvgIpc) is 1.64. The fourth-order valence-corrected chi connectivity index (χ4v) is 13.8. The molecule has 0 spiro atoms. The van der Waals surface area contributed by atoms with Crippen LogP contribution in [0.25, 0.3) is 70.0 Å². The summed E-state index contributed by atoms with van der Waals surface area (Å²) in [7, 11) is 0. The summed E-state index contributed by atoms with van der Waals surface area (Å²) in [6, 6.07) is 59.8.